The Hall–Kier alpha value is -3.67. The normalized spacial score (nSPS) is 10.9. The van der Waals surface area contributed by atoms with Crippen molar-refractivity contribution in [2.24, 2.45) is 0 Å². The number of esters is 2. The van der Waals surface area contributed by atoms with Crippen LogP contribution in [0.2, 0.25) is 0 Å². The molecule has 0 spiro atoms. The third-order valence-corrected chi connectivity index (χ3v) is 5.52. The van der Waals surface area contributed by atoms with Crippen LogP contribution in [0.5, 0.6) is 5.75 Å². The number of nitrogens with zero attached hydrogens (tertiary/aromatic N) is 1. The van der Waals surface area contributed by atoms with Crippen LogP contribution < -0.4 is 4.74 Å². The summed E-state index contributed by atoms with van der Waals surface area (Å²) in [4.78, 5) is 31.0. The second-order valence-electron chi connectivity index (χ2n) is 8.57. The highest BCUT2D eigenvalue weighted by atomic mass is 16.5. The van der Waals surface area contributed by atoms with E-state index in [4.69, 9.17) is 19.2 Å². The Balaban J connectivity index is 2.36. The number of ether oxygens (including phenoxy) is 3. The van der Waals surface area contributed by atoms with Crippen molar-refractivity contribution in [1.82, 2.24) is 4.98 Å². The highest BCUT2D eigenvalue weighted by molar-refractivity contribution is 6.08. The molecule has 0 fully saturated rings. The van der Waals surface area contributed by atoms with Gasteiger partial charge in [-0.3, -0.25) is 4.98 Å². The van der Waals surface area contributed by atoms with Gasteiger partial charge < -0.3 is 14.2 Å². The molecule has 0 radical (unpaired) electrons. The van der Waals surface area contributed by atoms with E-state index in [-0.39, 0.29) is 23.0 Å². The predicted molar refractivity (Wildman–Crippen MR) is 131 cm³/mol. The van der Waals surface area contributed by atoms with E-state index in [2.05, 4.69) is 0 Å². The first-order valence-corrected chi connectivity index (χ1v) is 11.3. The molecule has 34 heavy (non-hydrogen) atoms. The van der Waals surface area contributed by atoms with Crippen LogP contribution in [0.3, 0.4) is 0 Å². The number of rotatable bonds is 8. The molecule has 6 heteroatoms. The molecule has 0 aliphatic heterocycles. The number of para-hydroxylation sites is 1. The van der Waals surface area contributed by atoms with Crippen LogP contribution in [-0.2, 0) is 16.1 Å². The van der Waals surface area contributed by atoms with Gasteiger partial charge in [-0.1, -0.05) is 76.2 Å². The molecular weight excluding hydrogens is 430 g/mol. The molecule has 3 rings (SSSR count). The monoisotopic (exact) mass is 461 g/mol. The number of carbonyl (C=O) groups is 2. The van der Waals surface area contributed by atoms with Gasteiger partial charge in [-0.25, -0.2) is 9.59 Å². The van der Waals surface area contributed by atoms with E-state index in [1.807, 2.05) is 82.3 Å². The fourth-order valence-corrected chi connectivity index (χ4v) is 3.88. The molecule has 0 N–H and O–H groups in total. The summed E-state index contributed by atoms with van der Waals surface area (Å²) in [6.07, 6.45) is 0. The summed E-state index contributed by atoms with van der Waals surface area (Å²) < 4.78 is 16.5. The van der Waals surface area contributed by atoms with Crippen LogP contribution in [0.25, 0.3) is 11.1 Å². The van der Waals surface area contributed by atoms with Crippen molar-refractivity contribution in [2.75, 3.05) is 14.2 Å². The average Bonchev–Trinajstić information content (AvgIpc) is 2.85. The Morgan fingerprint density at radius 1 is 0.765 bits per heavy atom. The molecule has 0 aliphatic carbocycles. The molecule has 6 nitrogen and oxygen atoms in total. The average molecular weight is 462 g/mol. The third kappa shape index (κ3) is 5.11. The molecule has 0 saturated carbocycles. The van der Waals surface area contributed by atoms with Gasteiger partial charge in [0.15, 0.2) is 0 Å². The Morgan fingerprint density at radius 2 is 1.26 bits per heavy atom. The number of carbonyl (C=O) groups excluding carboxylic acids is 2. The van der Waals surface area contributed by atoms with Crippen molar-refractivity contribution in [3.63, 3.8) is 0 Å². The molecule has 3 aromatic rings. The molecule has 178 valence electrons. The second kappa shape index (κ2) is 11.0. The highest BCUT2D eigenvalue weighted by Gasteiger charge is 2.32. The van der Waals surface area contributed by atoms with Crippen molar-refractivity contribution >= 4 is 11.9 Å². The van der Waals surface area contributed by atoms with Crippen LogP contribution in [0.1, 0.15) is 77.2 Å². The summed E-state index contributed by atoms with van der Waals surface area (Å²) >= 11 is 0. The van der Waals surface area contributed by atoms with Crippen LogP contribution in [-0.4, -0.2) is 31.1 Å². The molecule has 0 unspecified atom stereocenters. The first kappa shape index (κ1) is 25.0. The van der Waals surface area contributed by atoms with E-state index < -0.39 is 11.9 Å². The van der Waals surface area contributed by atoms with Gasteiger partial charge in [0.05, 0.1) is 36.7 Å². The lowest BCUT2D eigenvalue weighted by Gasteiger charge is -2.23. The summed E-state index contributed by atoms with van der Waals surface area (Å²) in [5.41, 5.74) is 3.65. The number of methoxy groups -OCH3 is 2. The van der Waals surface area contributed by atoms with E-state index in [9.17, 15) is 9.59 Å². The lowest BCUT2D eigenvalue weighted by Crippen LogP contribution is -2.20. The highest BCUT2D eigenvalue weighted by Crippen LogP contribution is 2.41. The zero-order chi connectivity index (χ0) is 24.8. The maximum Gasteiger partial charge on any atom is 0.340 e. The van der Waals surface area contributed by atoms with Gasteiger partial charge in [0.1, 0.15) is 12.4 Å². The summed E-state index contributed by atoms with van der Waals surface area (Å²) in [6, 6.07) is 17.1. The van der Waals surface area contributed by atoms with E-state index in [1.165, 1.54) is 14.2 Å². The van der Waals surface area contributed by atoms with Crippen LogP contribution in [0.15, 0.2) is 54.6 Å². The standard InChI is InChI=1S/C28H31NO5/c1-17(2)25-23(27(30)32-5)22(24(28(31)33-6)26(29-25)18(3)4)20-14-10-11-15-21(20)34-16-19-12-8-7-9-13-19/h7-15,17-18H,16H2,1-6H3. The van der Waals surface area contributed by atoms with Crippen LogP contribution >= 0.6 is 0 Å². The first-order valence-electron chi connectivity index (χ1n) is 11.3. The maximum atomic E-state index is 13.1. The Bertz CT molecular complexity index is 1120. The van der Waals surface area contributed by atoms with Gasteiger partial charge in [-0.2, -0.15) is 0 Å². The van der Waals surface area contributed by atoms with Crippen molar-refractivity contribution in [3.05, 3.63) is 82.7 Å². The fraction of sp³-hybridized carbons (Fsp3) is 0.321. The van der Waals surface area contributed by atoms with E-state index in [0.717, 1.165) is 5.56 Å². The molecule has 2 aromatic carbocycles. The molecule has 1 aromatic heterocycles. The molecule has 0 atom stereocenters. The smallest absolute Gasteiger partial charge is 0.340 e. The van der Waals surface area contributed by atoms with Crippen LogP contribution in [0, 0.1) is 0 Å². The van der Waals surface area contributed by atoms with Gasteiger partial charge >= 0.3 is 11.9 Å². The topological polar surface area (TPSA) is 74.7 Å². The van der Waals surface area contributed by atoms with Gasteiger partial charge in [-0.15, -0.1) is 0 Å². The summed E-state index contributed by atoms with van der Waals surface area (Å²) in [5, 5.41) is 0. The van der Waals surface area contributed by atoms with Crippen molar-refractivity contribution in [1.29, 1.82) is 0 Å². The quantitative estimate of drug-likeness (QED) is 0.375. The van der Waals surface area contributed by atoms with Gasteiger partial charge in [-0.05, 0) is 23.5 Å². The third-order valence-electron chi connectivity index (χ3n) is 5.52. The summed E-state index contributed by atoms with van der Waals surface area (Å²) in [6.45, 7) is 8.16. The van der Waals surface area contributed by atoms with E-state index in [1.54, 1.807) is 0 Å². The molecule has 1 heterocycles. The largest absolute Gasteiger partial charge is 0.488 e. The number of hydrogen-bond acceptors (Lipinski definition) is 6. The minimum Gasteiger partial charge on any atom is -0.488 e. The zero-order valence-electron chi connectivity index (χ0n) is 20.5. The van der Waals surface area contributed by atoms with Crippen molar-refractivity contribution in [3.8, 4) is 16.9 Å². The number of benzene rings is 2. The Morgan fingerprint density at radius 3 is 1.76 bits per heavy atom. The molecule has 0 amide bonds. The molecular formula is C28H31NO5. The van der Waals surface area contributed by atoms with Gasteiger partial charge in [0.2, 0.25) is 0 Å². The molecule has 0 saturated heterocycles. The Labute approximate surface area is 200 Å². The van der Waals surface area contributed by atoms with Gasteiger partial charge in [0, 0.05) is 11.1 Å². The Kier molecular flexibility index (Phi) is 8.05. The maximum absolute atomic E-state index is 13.1. The lowest BCUT2D eigenvalue weighted by atomic mass is 9.86. The zero-order valence-corrected chi connectivity index (χ0v) is 20.5. The number of hydrogen-bond donors (Lipinski definition) is 0. The summed E-state index contributed by atoms with van der Waals surface area (Å²) in [5.74, 6) is -0.768. The lowest BCUT2D eigenvalue weighted by molar-refractivity contribution is 0.0597. The summed E-state index contributed by atoms with van der Waals surface area (Å²) in [7, 11) is 2.64. The second-order valence-corrected chi connectivity index (χ2v) is 8.57. The van der Waals surface area contributed by atoms with E-state index in [0.29, 0.717) is 34.9 Å². The van der Waals surface area contributed by atoms with Gasteiger partial charge in [0.25, 0.3) is 0 Å². The molecule has 0 aliphatic rings. The fourth-order valence-electron chi connectivity index (χ4n) is 3.88. The minimum atomic E-state index is -0.565. The minimum absolute atomic E-state index is 0.0885. The first-order chi connectivity index (χ1) is 16.3. The van der Waals surface area contributed by atoms with Crippen molar-refractivity contribution < 1.29 is 23.8 Å². The molecule has 0 bridgehead atoms. The van der Waals surface area contributed by atoms with Crippen LogP contribution in [0.4, 0.5) is 0 Å². The SMILES string of the molecule is COC(=O)c1c(C(C)C)nc(C(C)C)c(C(=O)OC)c1-c1ccccc1OCc1ccccc1. The number of pyridine rings is 1. The predicted octanol–water partition coefficient (Wildman–Crippen LogP) is 6.15. The van der Waals surface area contributed by atoms with E-state index >= 15 is 0 Å². The van der Waals surface area contributed by atoms with Crippen molar-refractivity contribution in [2.45, 2.75) is 46.1 Å². The number of aromatic nitrogens is 1.